The maximum atomic E-state index is 12.9. The van der Waals surface area contributed by atoms with Gasteiger partial charge in [-0.25, -0.2) is 0 Å². The molecule has 440 valence electrons. The molecule has 1 atom stereocenters. The van der Waals surface area contributed by atoms with Gasteiger partial charge in [-0.1, -0.05) is 293 Å². The van der Waals surface area contributed by atoms with Gasteiger partial charge in [0.25, 0.3) is 0 Å². The minimum atomic E-state index is -0.788. The number of rotatable bonds is 60. The molecule has 6 nitrogen and oxygen atoms in total. The second-order valence-corrected chi connectivity index (χ2v) is 22.0. The Labute approximate surface area is 472 Å². The van der Waals surface area contributed by atoms with Crippen molar-refractivity contribution in [3.63, 3.8) is 0 Å². The van der Waals surface area contributed by atoms with Gasteiger partial charge in [-0.05, 0) is 96.3 Å². The van der Waals surface area contributed by atoms with Crippen LogP contribution in [0.4, 0.5) is 0 Å². The molecule has 0 fully saturated rings. The average Bonchev–Trinajstić information content (AvgIpc) is 3.42. The van der Waals surface area contributed by atoms with Crippen LogP contribution >= 0.6 is 0 Å². The predicted octanol–water partition coefficient (Wildman–Crippen LogP) is 22.5. The number of esters is 3. The van der Waals surface area contributed by atoms with Gasteiger partial charge in [0, 0.05) is 19.3 Å². The molecule has 0 spiro atoms. The van der Waals surface area contributed by atoms with E-state index in [2.05, 4.69) is 93.7 Å². The summed E-state index contributed by atoms with van der Waals surface area (Å²) in [5.41, 5.74) is 0. The molecule has 0 radical (unpaired) electrons. The molecule has 0 N–H and O–H groups in total. The fourth-order valence-electron chi connectivity index (χ4n) is 9.46. The van der Waals surface area contributed by atoms with Gasteiger partial charge in [0.05, 0.1) is 0 Å². The molecule has 0 aliphatic rings. The first kappa shape index (κ1) is 72.8. The van der Waals surface area contributed by atoms with Crippen molar-refractivity contribution in [2.24, 2.45) is 0 Å². The minimum absolute atomic E-state index is 0.0824. The highest BCUT2D eigenvalue weighted by atomic mass is 16.6. The second-order valence-electron chi connectivity index (χ2n) is 22.0. The maximum absolute atomic E-state index is 12.9. The Morgan fingerprint density at radius 3 is 0.737 bits per heavy atom. The molecule has 0 saturated heterocycles. The summed E-state index contributed by atoms with van der Waals surface area (Å²) in [6.45, 7) is 6.64. The average molecular weight is 1060 g/mol. The molecule has 0 rings (SSSR count). The van der Waals surface area contributed by atoms with Crippen LogP contribution in [-0.4, -0.2) is 37.2 Å². The van der Waals surface area contributed by atoms with E-state index in [1.54, 1.807) is 0 Å². The molecular weight excluding hydrogens is 937 g/mol. The van der Waals surface area contributed by atoms with Gasteiger partial charge in [-0.15, -0.1) is 0 Å². The number of hydrogen-bond donors (Lipinski definition) is 0. The third-order valence-electron chi connectivity index (χ3n) is 14.4. The van der Waals surface area contributed by atoms with Crippen LogP contribution in [0.5, 0.6) is 0 Å². The van der Waals surface area contributed by atoms with E-state index in [0.717, 1.165) is 103 Å². The highest BCUT2D eigenvalue weighted by Crippen LogP contribution is 2.16. The van der Waals surface area contributed by atoms with E-state index in [1.165, 1.54) is 193 Å². The molecule has 6 heteroatoms. The smallest absolute Gasteiger partial charge is 0.306 e. The summed E-state index contributed by atoms with van der Waals surface area (Å²) in [6.07, 6.45) is 83.3. The Hall–Kier alpha value is -3.15. The molecule has 0 saturated carbocycles. The maximum Gasteiger partial charge on any atom is 0.306 e. The van der Waals surface area contributed by atoms with Crippen molar-refractivity contribution >= 4 is 17.9 Å². The van der Waals surface area contributed by atoms with E-state index in [4.69, 9.17) is 14.2 Å². The summed E-state index contributed by atoms with van der Waals surface area (Å²) in [7, 11) is 0. The number of carbonyl (C=O) groups excluding carboxylic acids is 3. The highest BCUT2D eigenvalue weighted by Gasteiger charge is 2.19. The van der Waals surface area contributed by atoms with E-state index >= 15 is 0 Å². The molecule has 76 heavy (non-hydrogen) atoms. The quantitative estimate of drug-likeness (QED) is 0.0261. The Morgan fingerprint density at radius 1 is 0.263 bits per heavy atom. The van der Waals surface area contributed by atoms with Crippen LogP contribution in [0.1, 0.15) is 335 Å². The molecule has 0 aromatic rings. The fourth-order valence-corrected chi connectivity index (χ4v) is 9.46. The van der Waals surface area contributed by atoms with Crippen LogP contribution in [-0.2, 0) is 28.6 Å². The number of hydrogen-bond acceptors (Lipinski definition) is 6. The SMILES string of the molecule is CCCCCCC/C=C\C/C=C\C/C=C\CCCCCCCCC(=O)OCC(COC(=O)CCCCCCCCCCCCCCCCCC)OC(=O)CCCCCCCC/C=C\C/C=C\C/C=C\CCCCCCC. The Bertz CT molecular complexity index is 1400. The summed E-state index contributed by atoms with van der Waals surface area (Å²) < 4.78 is 16.9. The van der Waals surface area contributed by atoms with E-state index < -0.39 is 6.10 Å². The molecular formula is C70H124O6. The van der Waals surface area contributed by atoms with Crippen molar-refractivity contribution in [1.29, 1.82) is 0 Å². The van der Waals surface area contributed by atoms with Crippen molar-refractivity contribution in [3.8, 4) is 0 Å². The topological polar surface area (TPSA) is 78.9 Å². The molecule has 0 amide bonds. The van der Waals surface area contributed by atoms with Gasteiger partial charge in [0.2, 0.25) is 0 Å². The summed E-state index contributed by atoms with van der Waals surface area (Å²) in [5, 5.41) is 0. The van der Waals surface area contributed by atoms with Crippen molar-refractivity contribution < 1.29 is 28.6 Å². The van der Waals surface area contributed by atoms with Gasteiger partial charge >= 0.3 is 17.9 Å². The Kier molecular flexibility index (Phi) is 61.7. The summed E-state index contributed by atoms with van der Waals surface area (Å²) in [6, 6.07) is 0. The van der Waals surface area contributed by atoms with Gasteiger partial charge in [-0.2, -0.15) is 0 Å². The zero-order valence-electron chi connectivity index (χ0n) is 50.5. The highest BCUT2D eigenvalue weighted by molar-refractivity contribution is 5.71. The van der Waals surface area contributed by atoms with Gasteiger partial charge in [0.15, 0.2) is 6.10 Å². The lowest BCUT2D eigenvalue weighted by Crippen LogP contribution is -2.30. The van der Waals surface area contributed by atoms with Crippen LogP contribution in [0.3, 0.4) is 0 Å². The van der Waals surface area contributed by atoms with Gasteiger partial charge < -0.3 is 14.2 Å². The van der Waals surface area contributed by atoms with Crippen molar-refractivity contribution in [2.75, 3.05) is 13.2 Å². The van der Waals surface area contributed by atoms with Gasteiger partial charge in [0.1, 0.15) is 13.2 Å². The number of unbranched alkanes of at least 4 members (excludes halogenated alkanes) is 37. The summed E-state index contributed by atoms with van der Waals surface area (Å²) in [5.74, 6) is -0.891. The monoisotopic (exact) mass is 1060 g/mol. The molecule has 0 aromatic heterocycles. The van der Waals surface area contributed by atoms with Gasteiger partial charge in [-0.3, -0.25) is 14.4 Å². The second kappa shape index (κ2) is 64.4. The normalized spacial score (nSPS) is 12.5. The number of allylic oxidation sites excluding steroid dienone is 12. The Balaban J connectivity index is 4.41. The first-order valence-corrected chi connectivity index (χ1v) is 32.9. The Morgan fingerprint density at radius 2 is 0.474 bits per heavy atom. The standard InChI is InChI=1S/C70H124O6/c1-4-7-10-13-16-19-22-25-28-31-33-35-37-39-42-45-48-51-54-57-60-63-69(72)75-66-67(65-74-68(71)62-59-56-53-50-47-44-41-30-27-24-21-18-15-12-9-6-3)76-70(73)64-61-58-55-52-49-46-43-40-38-36-34-32-29-26-23-20-17-14-11-8-5-2/h22-23,25-26,31-34,37-40,67H,4-21,24,27-30,35-36,41-66H2,1-3H3/b25-22-,26-23-,33-31-,34-32-,39-37-,40-38-. The molecule has 0 bridgehead atoms. The van der Waals surface area contributed by atoms with Crippen LogP contribution in [0.25, 0.3) is 0 Å². The molecule has 0 aromatic carbocycles. The number of ether oxygens (including phenoxy) is 3. The van der Waals surface area contributed by atoms with Crippen LogP contribution in [0, 0.1) is 0 Å². The molecule has 0 aliphatic carbocycles. The third kappa shape index (κ3) is 61.7. The van der Waals surface area contributed by atoms with Crippen LogP contribution in [0.2, 0.25) is 0 Å². The summed E-state index contributed by atoms with van der Waals surface area (Å²) >= 11 is 0. The first-order chi connectivity index (χ1) is 37.5. The van der Waals surface area contributed by atoms with Crippen molar-refractivity contribution in [2.45, 2.75) is 341 Å². The third-order valence-corrected chi connectivity index (χ3v) is 14.4. The lowest BCUT2D eigenvalue weighted by atomic mass is 10.0. The van der Waals surface area contributed by atoms with E-state index in [0.29, 0.717) is 19.3 Å². The molecule has 0 heterocycles. The zero-order valence-corrected chi connectivity index (χ0v) is 50.5. The van der Waals surface area contributed by atoms with E-state index in [-0.39, 0.29) is 31.1 Å². The van der Waals surface area contributed by atoms with Crippen molar-refractivity contribution in [1.82, 2.24) is 0 Å². The molecule has 1 unspecified atom stereocenters. The van der Waals surface area contributed by atoms with E-state index in [9.17, 15) is 14.4 Å². The van der Waals surface area contributed by atoms with E-state index in [1.807, 2.05) is 0 Å². The van der Waals surface area contributed by atoms with Crippen LogP contribution < -0.4 is 0 Å². The summed E-state index contributed by atoms with van der Waals surface area (Å²) in [4.78, 5) is 38.4. The lowest BCUT2D eigenvalue weighted by Gasteiger charge is -2.18. The first-order valence-electron chi connectivity index (χ1n) is 32.9. The fraction of sp³-hybridized carbons (Fsp3) is 0.786. The molecule has 0 aliphatic heterocycles. The minimum Gasteiger partial charge on any atom is -0.462 e. The predicted molar refractivity (Wildman–Crippen MR) is 330 cm³/mol. The lowest BCUT2D eigenvalue weighted by molar-refractivity contribution is -0.167. The zero-order chi connectivity index (χ0) is 55.0. The van der Waals surface area contributed by atoms with Crippen molar-refractivity contribution in [3.05, 3.63) is 72.9 Å². The number of carbonyl (C=O) groups is 3. The van der Waals surface area contributed by atoms with Crippen LogP contribution in [0.15, 0.2) is 72.9 Å². The largest absolute Gasteiger partial charge is 0.462 e.